The molecule has 0 saturated carbocycles. The van der Waals surface area contributed by atoms with Crippen LogP contribution in [0.4, 0.5) is 0 Å². The highest BCUT2D eigenvalue weighted by Crippen LogP contribution is 2.20. The van der Waals surface area contributed by atoms with Crippen molar-refractivity contribution in [2.45, 2.75) is 6.42 Å². The van der Waals surface area contributed by atoms with Gasteiger partial charge < -0.3 is 0 Å². The van der Waals surface area contributed by atoms with Crippen LogP contribution < -0.4 is 0 Å². The van der Waals surface area contributed by atoms with Crippen molar-refractivity contribution in [2.75, 3.05) is 6.54 Å². The van der Waals surface area contributed by atoms with Crippen molar-refractivity contribution >= 4 is 17.6 Å². The highest BCUT2D eigenvalue weighted by molar-refractivity contribution is 6.49. The lowest BCUT2D eigenvalue weighted by Gasteiger charge is -2.25. The topological polar surface area (TPSA) is 54.5 Å². The molecule has 0 unspecified atom stereocenters. The molecular weight excluding hydrogens is 266 g/mol. The van der Waals surface area contributed by atoms with Crippen molar-refractivity contribution in [3.8, 4) is 0 Å². The van der Waals surface area contributed by atoms with Gasteiger partial charge >= 0.3 is 5.91 Å². The van der Waals surface area contributed by atoms with Gasteiger partial charge in [-0.15, -0.1) is 0 Å². The summed E-state index contributed by atoms with van der Waals surface area (Å²) in [5, 5.41) is 0. The van der Waals surface area contributed by atoms with Gasteiger partial charge in [-0.05, 0) is 18.1 Å². The van der Waals surface area contributed by atoms with E-state index in [9.17, 15) is 14.4 Å². The fourth-order valence-electron chi connectivity index (χ4n) is 2.43. The number of carbonyl (C=O) groups is 3. The Hall–Kier alpha value is -2.75. The number of fused-ring (bicyclic) bond motifs is 1. The van der Waals surface area contributed by atoms with Gasteiger partial charge in [-0.1, -0.05) is 48.5 Å². The van der Waals surface area contributed by atoms with Gasteiger partial charge in [0.1, 0.15) is 0 Å². The summed E-state index contributed by atoms with van der Waals surface area (Å²) in [5.41, 5.74) is 1.52. The maximum Gasteiger partial charge on any atom is 0.301 e. The zero-order valence-corrected chi connectivity index (χ0v) is 11.3. The SMILES string of the molecule is O=C1C(=O)N(CCc2ccccc2)C(=O)c2ccccc21. The summed E-state index contributed by atoms with van der Waals surface area (Å²) in [4.78, 5) is 37.5. The minimum absolute atomic E-state index is 0.198. The summed E-state index contributed by atoms with van der Waals surface area (Å²) in [5.74, 6) is -1.75. The zero-order valence-electron chi connectivity index (χ0n) is 11.3. The number of hydrogen-bond donors (Lipinski definition) is 0. The molecule has 0 saturated heterocycles. The number of hydrogen-bond acceptors (Lipinski definition) is 3. The molecule has 2 aromatic carbocycles. The number of imide groups is 1. The van der Waals surface area contributed by atoms with E-state index in [1.807, 2.05) is 30.3 Å². The fraction of sp³-hybridized carbons (Fsp3) is 0.118. The molecule has 3 rings (SSSR count). The number of amides is 2. The van der Waals surface area contributed by atoms with Crippen molar-refractivity contribution in [2.24, 2.45) is 0 Å². The van der Waals surface area contributed by atoms with E-state index in [1.54, 1.807) is 18.2 Å². The molecule has 0 aromatic heterocycles. The lowest BCUT2D eigenvalue weighted by atomic mass is 9.97. The number of benzene rings is 2. The largest absolute Gasteiger partial charge is 0.301 e. The van der Waals surface area contributed by atoms with Gasteiger partial charge in [0.25, 0.3) is 11.7 Å². The predicted octanol–water partition coefficient (Wildman–Crippen LogP) is 2.09. The molecule has 1 aliphatic heterocycles. The van der Waals surface area contributed by atoms with Crippen LogP contribution in [0.25, 0.3) is 0 Å². The molecule has 2 amide bonds. The highest BCUT2D eigenvalue weighted by atomic mass is 16.2. The maximum absolute atomic E-state index is 12.3. The number of carbonyl (C=O) groups excluding carboxylic acids is 3. The van der Waals surface area contributed by atoms with E-state index in [0.717, 1.165) is 10.5 Å². The third-order valence-electron chi connectivity index (χ3n) is 3.55. The summed E-state index contributed by atoms with van der Waals surface area (Å²) in [6, 6.07) is 16.0. The minimum Gasteiger partial charge on any atom is -0.283 e. The average Bonchev–Trinajstić information content (AvgIpc) is 2.54. The van der Waals surface area contributed by atoms with Gasteiger partial charge in [-0.2, -0.15) is 0 Å². The molecular formula is C17H13NO3. The molecule has 0 fully saturated rings. The van der Waals surface area contributed by atoms with Crippen LogP contribution in [0, 0.1) is 0 Å². The smallest absolute Gasteiger partial charge is 0.283 e. The first-order valence-electron chi connectivity index (χ1n) is 6.72. The zero-order chi connectivity index (χ0) is 14.8. The normalized spacial score (nSPS) is 14.3. The van der Waals surface area contributed by atoms with E-state index in [4.69, 9.17) is 0 Å². The van der Waals surface area contributed by atoms with Crippen molar-refractivity contribution < 1.29 is 14.4 Å². The van der Waals surface area contributed by atoms with E-state index >= 15 is 0 Å². The van der Waals surface area contributed by atoms with Gasteiger partial charge in [0.15, 0.2) is 0 Å². The molecule has 0 N–H and O–H groups in total. The fourth-order valence-corrected chi connectivity index (χ4v) is 2.43. The lowest BCUT2D eigenvalue weighted by molar-refractivity contribution is -0.124. The Bertz CT molecular complexity index is 722. The summed E-state index contributed by atoms with van der Waals surface area (Å²) in [7, 11) is 0. The molecule has 1 aliphatic rings. The number of ketones is 1. The average molecular weight is 279 g/mol. The van der Waals surface area contributed by atoms with Crippen LogP contribution in [0.3, 0.4) is 0 Å². The second-order valence-electron chi connectivity index (χ2n) is 4.87. The number of nitrogens with zero attached hydrogens (tertiary/aromatic N) is 1. The van der Waals surface area contributed by atoms with Gasteiger partial charge in [0, 0.05) is 12.1 Å². The Morgan fingerprint density at radius 2 is 1.33 bits per heavy atom. The summed E-state index contributed by atoms with van der Waals surface area (Å²) < 4.78 is 0. The number of rotatable bonds is 3. The molecule has 0 bridgehead atoms. The molecule has 0 spiro atoms. The van der Waals surface area contributed by atoms with E-state index < -0.39 is 17.6 Å². The van der Waals surface area contributed by atoms with Crippen LogP contribution in [0.1, 0.15) is 26.3 Å². The third-order valence-corrected chi connectivity index (χ3v) is 3.55. The molecule has 0 aliphatic carbocycles. The van der Waals surface area contributed by atoms with E-state index in [-0.39, 0.29) is 12.1 Å². The first-order valence-corrected chi connectivity index (χ1v) is 6.72. The molecule has 0 radical (unpaired) electrons. The minimum atomic E-state index is -0.741. The van der Waals surface area contributed by atoms with Crippen molar-refractivity contribution in [1.29, 1.82) is 0 Å². The molecule has 4 nitrogen and oxygen atoms in total. The second kappa shape index (κ2) is 5.32. The summed E-state index contributed by atoms with van der Waals surface area (Å²) in [6.45, 7) is 0.210. The van der Waals surface area contributed by atoms with Crippen LogP contribution in [-0.4, -0.2) is 29.0 Å². The van der Waals surface area contributed by atoms with Crippen molar-refractivity contribution in [3.63, 3.8) is 0 Å². The summed E-state index contributed by atoms with van der Waals surface area (Å²) >= 11 is 0. The van der Waals surface area contributed by atoms with Crippen molar-refractivity contribution in [1.82, 2.24) is 4.90 Å². The first kappa shape index (κ1) is 13.2. The quantitative estimate of drug-likeness (QED) is 0.638. The molecule has 0 atom stereocenters. The van der Waals surface area contributed by atoms with Crippen LogP contribution in [0.2, 0.25) is 0 Å². The van der Waals surface area contributed by atoms with E-state index in [0.29, 0.717) is 12.0 Å². The maximum atomic E-state index is 12.3. The Morgan fingerprint density at radius 1 is 0.714 bits per heavy atom. The van der Waals surface area contributed by atoms with Gasteiger partial charge in [0.2, 0.25) is 0 Å². The second-order valence-corrected chi connectivity index (χ2v) is 4.87. The molecule has 4 heteroatoms. The molecule has 2 aromatic rings. The molecule has 21 heavy (non-hydrogen) atoms. The van der Waals surface area contributed by atoms with Gasteiger partial charge in [-0.25, -0.2) is 0 Å². The Balaban J connectivity index is 1.85. The van der Waals surface area contributed by atoms with Crippen molar-refractivity contribution in [3.05, 3.63) is 71.3 Å². The van der Waals surface area contributed by atoms with Gasteiger partial charge in [-0.3, -0.25) is 19.3 Å². The number of Topliss-reactive ketones (excluding diaryl/α,β-unsaturated/α-hetero) is 1. The van der Waals surface area contributed by atoms with Crippen LogP contribution in [0.15, 0.2) is 54.6 Å². The predicted molar refractivity (Wildman–Crippen MR) is 77.0 cm³/mol. The first-order chi connectivity index (χ1) is 10.2. The Labute approximate surface area is 122 Å². The third kappa shape index (κ3) is 2.36. The van der Waals surface area contributed by atoms with Gasteiger partial charge in [0.05, 0.1) is 5.56 Å². The lowest BCUT2D eigenvalue weighted by Crippen LogP contribution is -2.47. The Morgan fingerprint density at radius 3 is 2.05 bits per heavy atom. The van der Waals surface area contributed by atoms with Crippen LogP contribution >= 0.6 is 0 Å². The van der Waals surface area contributed by atoms with Crippen LogP contribution in [0.5, 0.6) is 0 Å². The molecule has 104 valence electrons. The van der Waals surface area contributed by atoms with E-state index in [1.165, 1.54) is 6.07 Å². The van der Waals surface area contributed by atoms with E-state index in [2.05, 4.69) is 0 Å². The standard InChI is InChI=1S/C17H13NO3/c19-15-13-8-4-5-9-14(13)16(20)18(17(15)21)11-10-12-6-2-1-3-7-12/h1-9H,10-11H2. The molecule has 1 heterocycles. The highest BCUT2D eigenvalue weighted by Gasteiger charge is 2.36. The summed E-state index contributed by atoms with van der Waals surface area (Å²) in [6.07, 6.45) is 0.535. The Kier molecular flexibility index (Phi) is 3.36. The van der Waals surface area contributed by atoms with Crippen LogP contribution in [-0.2, 0) is 11.2 Å². The monoisotopic (exact) mass is 279 g/mol.